The van der Waals surface area contributed by atoms with Crippen LogP contribution < -0.4 is 4.72 Å². The third kappa shape index (κ3) is 4.13. The lowest BCUT2D eigenvalue weighted by Gasteiger charge is -2.26. The Labute approximate surface area is 192 Å². The van der Waals surface area contributed by atoms with Crippen molar-refractivity contribution < 1.29 is 12.8 Å². The third-order valence-electron chi connectivity index (χ3n) is 6.84. The number of halogens is 1. The van der Waals surface area contributed by atoms with Gasteiger partial charge in [0.05, 0.1) is 23.5 Å². The van der Waals surface area contributed by atoms with E-state index in [1.54, 1.807) is 6.07 Å². The summed E-state index contributed by atoms with van der Waals surface area (Å²) in [4.78, 5) is 8.73. The van der Waals surface area contributed by atoms with E-state index in [1.165, 1.54) is 24.5 Å². The fraction of sp³-hybridized carbons (Fsp3) is 0.458. The second-order valence-electron chi connectivity index (χ2n) is 9.15. The van der Waals surface area contributed by atoms with Crippen LogP contribution in [0.5, 0.6) is 0 Å². The number of nitriles is 1. The minimum atomic E-state index is -3.74. The summed E-state index contributed by atoms with van der Waals surface area (Å²) in [6.07, 6.45) is 9.75. The molecule has 2 heterocycles. The molecule has 3 aromatic rings. The highest BCUT2D eigenvalue weighted by Crippen LogP contribution is 2.40. The zero-order chi connectivity index (χ0) is 23.2. The van der Waals surface area contributed by atoms with E-state index in [-0.39, 0.29) is 28.6 Å². The Balaban J connectivity index is 1.60. The molecule has 1 atom stereocenters. The minimum absolute atomic E-state index is 0.0105. The number of hydrogen-bond acceptors (Lipinski definition) is 5. The van der Waals surface area contributed by atoms with Crippen LogP contribution in [0.1, 0.15) is 63.5 Å². The Morgan fingerprint density at radius 2 is 1.85 bits per heavy atom. The molecule has 0 spiro atoms. The van der Waals surface area contributed by atoms with Gasteiger partial charge in [-0.25, -0.2) is 27.5 Å². The van der Waals surface area contributed by atoms with Gasteiger partial charge in [-0.05, 0) is 56.7 Å². The van der Waals surface area contributed by atoms with Crippen LogP contribution >= 0.6 is 0 Å². The van der Waals surface area contributed by atoms with Crippen LogP contribution in [0.3, 0.4) is 0 Å². The van der Waals surface area contributed by atoms with E-state index < -0.39 is 10.0 Å². The Kier molecular flexibility index (Phi) is 5.67. The van der Waals surface area contributed by atoms with Crippen molar-refractivity contribution in [2.75, 3.05) is 0 Å². The smallest absolute Gasteiger partial charge is 0.243 e. The van der Waals surface area contributed by atoms with Gasteiger partial charge in [0, 0.05) is 17.5 Å². The molecule has 9 heteroatoms. The number of sulfonamides is 1. The second kappa shape index (κ2) is 8.50. The molecule has 2 aromatic heterocycles. The molecule has 2 saturated carbocycles. The first kappa shape index (κ1) is 22.0. The summed E-state index contributed by atoms with van der Waals surface area (Å²) >= 11 is 0. The molecule has 1 aromatic carbocycles. The summed E-state index contributed by atoms with van der Waals surface area (Å²) in [6, 6.07) is 6.64. The van der Waals surface area contributed by atoms with Gasteiger partial charge in [-0.3, -0.25) is 0 Å². The first-order valence-corrected chi connectivity index (χ1v) is 13.0. The number of rotatable bonds is 6. The molecule has 0 bridgehead atoms. The number of hydrogen-bond donors (Lipinski definition) is 1. The minimum Gasteiger partial charge on any atom is -0.334 e. The maximum Gasteiger partial charge on any atom is 0.243 e. The van der Waals surface area contributed by atoms with Gasteiger partial charge in [0.25, 0.3) is 0 Å². The van der Waals surface area contributed by atoms with Gasteiger partial charge in [0.15, 0.2) is 5.82 Å². The highest BCUT2D eigenvalue weighted by Gasteiger charge is 2.32. The van der Waals surface area contributed by atoms with E-state index in [1.807, 2.05) is 11.5 Å². The number of nitrogens with zero attached hydrogens (tertiary/aromatic N) is 4. The molecular weight excluding hydrogens is 441 g/mol. The molecule has 0 saturated heterocycles. The van der Waals surface area contributed by atoms with Gasteiger partial charge in [-0.15, -0.1) is 0 Å². The Morgan fingerprint density at radius 1 is 1.15 bits per heavy atom. The predicted octanol–water partition coefficient (Wildman–Crippen LogP) is 4.69. The zero-order valence-electron chi connectivity index (χ0n) is 18.5. The van der Waals surface area contributed by atoms with Crippen molar-refractivity contribution in [3.05, 3.63) is 42.0 Å². The van der Waals surface area contributed by atoms with E-state index in [0.29, 0.717) is 28.1 Å². The highest BCUT2D eigenvalue weighted by atomic mass is 32.2. The number of nitrogens with one attached hydrogen (secondary N) is 1. The lowest BCUT2D eigenvalue weighted by Crippen LogP contribution is -2.34. The SMILES string of the molecule is C[C@H](NS(=O)(=O)c1cnc(-c2c(C#N)c3ccc(F)cc3n2C2CCCCC2)nc1)C1CC1. The molecule has 0 aliphatic heterocycles. The molecule has 2 aliphatic carbocycles. The standard InChI is InChI=1S/C24H26FN5O2S/c1-15(16-7-8-16)29-33(31,32)19-13-27-24(28-14-19)23-21(12-26)20-10-9-17(25)11-22(20)30(23)18-5-3-2-4-6-18/h9-11,13-16,18,29H,2-8H2,1H3/t15-/m0/s1. The fourth-order valence-corrected chi connectivity index (χ4v) is 6.12. The van der Waals surface area contributed by atoms with Crippen molar-refractivity contribution in [2.24, 2.45) is 5.92 Å². The first-order valence-electron chi connectivity index (χ1n) is 11.5. The first-order chi connectivity index (χ1) is 15.9. The van der Waals surface area contributed by atoms with Crippen LogP contribution in [-0.2, 0) is 10.0 Å². The number of aromatic nitrogens is 3. The van der Waals surface area contributed by atoms with E-state index in [0.717, 1.165) is 44.9 Å². The summed E-state index contributed by atoms with van der Waals surface area (Å²) in [7, 11) is -3.74. The normalized spacial score (nSPS) is 18.3. The predicted molar refractivity (Wildman–Crippen MR) is 122 cm³/mol. The van der Waals surface area contributed by atoms with Crippen molar-refractivity contribution in [3.63, 3.8) is 0 Å². The van der Waals surface area contributed by atoms with Crippen LogP contribution in [0.2, 0.25) is 0 Å². The summed E-state index contributed by atoms with van der Waals surface area (Å²) < 4.78 is 44.4. The maximum atomic E-state index is 14.2. The highest BCUT2D eigenvalue weighted by molar-refractivity contribution is 7.89. The third-order valence-corrected chi connectivity index (χ3v) is 8.35. The quantitative estimate of drug-likeness (QED) is 0.567. The number of fused-ring (bicyclic) bond motifs is 1. The van der Waals surface area contributed by atoms with E-state index in [9.17, 15) is 18.1 Å². The van der Waals surface area contributed by atoms with Crippen molar-refractivity contribution >= 4 is 20.9 Å². The van der Waals surface area contributed by atoms with Crippen molar-refractivity contribution in [1.82, 2.24) is 19.3 Å². The van der Waals surface area contributed by atoms with Crippen LogP contribution in [0, 0.1) is 23.1 Å². The fourth-order valence-electron chi connectivity index (χ4n) is 4.92. The van der Waals surface area contributed by atoms with E-state index in [4.69, 9.17) is 0 Å². The lowest BCUT2D eigenvalue weighted by molar-refractivity contribution is 0.362. The molecule has 0 radical (unpaired) electrons. The largest absolute Gasteiger partial charge is 0.334 e. The summed E-state index contributed by atoms with van der Waals surface area (Å²) in [5.74, 6) is 0.277. The molecule has 33 heavy (non-hydrogen) atoms. The van der Waals surface area contributed by atoms with Gasteiger partial charge in [-0.2, -0.15) is 5.26 Å². The van der Waals surface area contributed by atoms with Crippen molar-refractivity contribution in [1.29, 1.82) is 5.26 Å². The van der Waals surface area contributed by atoms with Gasteiger partial charge < -0.3 is 4.57 Å². The second-order valence-corrected chi connectivity index (χ2v) is 10.9. The molecule has 2 aliphatic rings. The summed E-state index contributed by atoms with van der Waals surface area (Å²) in [5, 5.41) is 10.6. The molecule has 2 fully saturated rings. The van der Waals surface area contributed by atoms with Crippen molar-refractivity contribution in [2.45, 2.75) is 68.8 Å². The average Bonchev–Trinajstić information content (AvgIpc) is 3.61. The van der Waals surface area contributed by atoms with Crippen LogP contribution in [-0.4, -0.2) is 29.0 Å². The molecule has 172 valence electrons. The molecule has 5 rings (SSSR count). The Hall–Kier alpha value is -2.83. The molecule has 7 nitrogen and oxygen atoms in total. The van der Waals surface area contributed by atoms with Gasteiger partial charge in [0.1, 0.15) is 22.5 Å². The van der Waals surface area contributed by atoms with Gasteiger partial charge in [0.2, 0.25) is 10.0 Å². The summed E-state index contributed by atoms with van der Waals surface area (Å²) in [6.45, 7) is 1.87. The zero-order valence-corrected chi connectivity index (χ0v) is 19.3. The average molecular weight is 468 g/mol. The topological polar surface area (TPSA) is 101 Å². The molecular formula is C24H26FN5O2S. The Morgan fingerprint density at radius 3 is 2.48 bits per heavy atom. The van der Waals surface area contributed by atoms with E-state index in [2.05, 4.69) is 20.8 Å². The van der Waals surface area contributed by atoms with Crippen LogP contribution in [0.15, 0.2) is 35.5 Å². The van der Waals surface area contributed by atoms with Crippen molar-refractivity contribution in [3.8, 4) is 17.6 Å². The molecule has 0 amide bonds. The number of benzene rings is 1. The van der Waals surface area contributed by atoms with Gasteiger partial charge in [-0.1, -0.05) is 19.3 Å². The summed E-state index contributed by atoms with van der Waals surface area (Å²) in [5.41, 5.74) is 1.55. The maximum absolute atomic E-state index is 14.2. The Bertz CT molecular complexity index is 1330. The lowest BCUT2D eigenvalue weighted by atomic mass is 9.95. The molecule has 0 unspecified atom stereocenters. The van der Waals surface area contributed by atoms with Crippen LogP contribution in [0.4, 0.5) is 4.39 Å². The molecule has 1 N–H and O–H groups in total. The van der Waals surface area contributed by atoms with Crippen LogP contribution in [0.25, 0.3) is 22.4 Å². The van der Waals surface area contributed by atoms with Gasteiger partial charge >= 0.3 is 0 Å². The monoisotopic (exact) mass is 467 g/mol. The van der Waals surface area contributed by atoms with E-state index >= 15 is 0 Å².